The zero-order valence-corrected chi connectivity index (χ0v) is 19.5. The Hall–Kier alpha value is 0.957. The van der Waals surface area contributed by atoms with Crippen molar-refractivity contribution in [3.05, 3.63) is 24.3 Å². The maximum absolute atomic E-state index is 5.42. The quantitative estimate of drug-likeness (QED) is 0.209. The van der Waals surface area contributed by atoms with E-state index in [2.05, 4.69) is 23.2 Å². The van der Waals surface area contributed by atoms with Crippen molar-refractivity contribution >= 4 is 81.4 Å². The third kappa shape index (κ3) is 6.60. The molecule has 0 saturated carbocycles. The predicted octanol–water partition coefficient (Wildman–Crippen LogP) is 6.25. The van der Waals surface area contributed by atoms with Gasteiger partial charge in [0.25, 0.3) is 0 Å². The van der Waals surface area contributed by atoms with Gasteiger partial charge in [-0.05, 0) is 58.8 Å². The molecule has 24 heavy (non-hydrogen) atoms. The van der Waals surface area contributed by atoms with Crippen LogP contribution in [0.2, 0.25) is 6.04 Å². The van der Waals surface area contributed by atoms with Crippen molar-refractivity contribution in [2.24, 2.45) is 0 Å². The highest BCUT2D eigenvalue weighted by Crippen LogP contribution is 2.52. The largest absolute Gasteiger partial charge is 0.500 e. The SMILES string of the molecule is CO[Si](CCCSSSSSc1nc2ccccc2s1)(OC)OC. The number of benzene rings is 1. The van der Waals surface area contributed by atoms with E-state index in [4.69, 9.17) is 13.3 Å². The number of fused-ring (bicyclic) bond motifs is 1. The van der Waals surface area contributed by atoms with E-state index >= 15 is 0 Å². The second kappa shape index (κ2) is 11.6. The standard InChI is InChI=1S/C13H19NO3S6Si/c1-15-24(16-2,17-3)10-6-9-18-21-23-22-20-13-14-11-7-4-5-8-12(11)19-13/h4-5,7-8H,6,9-10H2,1-3H3. The van der Waals surface area contributed by atoms with Gasteiger partial charge in [0.1, 0.15) is 0 Å². The predicted molar refractivity (Wildman–Crippen MR) is 117 cm³/mol. The fraction of sp³-hybridized carbons (Fsp3) is 0.462. The van der Waals surface area contributed by atoms with E-state index in [9.17, 15) is 0 Å². The van der Waals surface area contributed by atoms with Gasteiger partial charge in [0.15, 0.2) is 4.34 Å². The van der Waals surface area contributed by atoms with Crippen molar-refractivity contribution in [2.75, 3.05) is 27.1 Å². The van der Waals surface area contributed by atoms with Gasteiger partial charge < -0.3 is 13.3 Å². The Morgan fingerprint density at radius 3 is 2.50 bits per heavy atom. The molecule has 0 atom stereocenters. The Kier molecular flexibility index (Phi) is 10.3. The van der Waals surface area contributed by atoms with Crippen LogP contribution in [0.5, 0.6) is 0 Å². The lowest BCUT2D eigenvalue weighted by Gasteiger charge is -2.23. The van der Waals surface area contributed by atoms with Crippen molar-refractivity contribution in [3.8, 4) is 0 Å². The first-order chi connectivity index (χ1) is 11.7. The Balaban J connectivity index is 1.55. The fourth-order valence-electron chi connectivity index (χ4n) is 1.90. The fourth-order valence-corrected chi connectivity index (χ4v) is 14.0. The van der Waals surface area contributed by atoms with Gasteiger partial charge in [-0.2, -0.15) is 0 Å². The second-order valence-electron chi connectivity index (χ2n) is 4.46. The third-order valence-electron chi connectivity index (χ3n) is 3.13. The molecule has 2 rings (SSSR count). The lowest BCUT2D eigenvalue weighted by Crippen LogP contribution is -2.42. The van der Waals surface area contributed by atoms with E-state index in [0.29, 0.717) is 0 Å². The van der Waals surface area contributed by atoms with Crippen molar-refractivity contribution in [1.82, 2.24) is 4.98 Å². The van der Waals surface area contributed by atoms with Crippen molar-refractivity contribution in [3.63, 3.8) is 0 Å². The summed E-state index contributed by atoms with van der Waals surface area (Å²) in [6.45, 7) is 0. The molecule has 0 aliphatic heterocycles. The molecule has 0 N–H and O–H groups in total. The van der Waals surface area contributed by atoms with Crippen molar-refractivity contribution in [2.45, 2.75) is 16.8 Å². The summed E-state index contributed by atoms with van der Waals surface area (Å²) >= 11 is 1.74. The minimum Gasteiger partial charge on any atom is -0.377 e. The monoisotopic (exact) mass is 457 g/mol. The molecule has 0 unspecified atom stereocenters. The Morgan fingerprint density at radius 1 is 1.04 bits per heavy atom. The second-order valence-corrected chi connectivity index (χ2v) is 16.5. The average Bonchev–Trinajstić information content (AvgIpc) is 3.04. The van der Waals surface area contributed by atoms with Gasteiger partial charge in [0.2, 0.25) is 0 Å². The lowest BCUT2D eigenvalue weighted by molar-refractivity contribution is 0.123. The van der Waals surface area contributed by atoms with Crippen LogP contribution in [-0.4, -0.2) is 40.9 Å². The van der Waals surface area contributed by atoms with Crippen LogP contribution < -0.4 is 0 Å². The summed E-state index contributed by atoms with van der Waals surface area (Å²) in [6.07, 6.45) is 1.02. The molecule has 134 valence electrons. The molecule has 0 fully saturated rings. The van der Waals surface area contributed by atoms with Gasteiger partial charge in [-0.3, -0.25) is 0 Å². The minimum atomic E-state index is -2.40. The number of nitrogens with zero attached hydrogens (tertiary/aromatic N) is 1. The lowest BCUT2D eigenvalue weighted by atomic mass is 10.3. The summed E-state index contributed by atoms with van der Waals surface area (Å²) in [5, 5.41) is 0. The Morgan fingerprint density at radius 2 is 1.79 bits per heavy atom. The maximum Gasteiger partial charge on any atom is 0.500 e. The van der Waals surface area contributed by atoms with Crippen molar-refractivity contribution < 1.29 is 13.3 Å². The molecule has 0 spiro atoms. The molecule has 0 amide bonds. The first-order valence-electron chi connectivity index (χ1n) is 7.03. The van der Waals surface area contributed by atoms with Crippen LogP contribution in [0.15, 0.2) is 28.6 Å². The van der Waals surface area contributed by atoms with E-state index in [1.54, 1.807) is 72.9 Å². The number of hydrogen-bond donors (Lipinski definition) is 0. The summed E-state index contributed by atoms with van der Waals surface area (Å²) in [6, 6.07) is 9.10. The van der Waals surface area contributed by atoms with Gasteiger partial charge in [-0.15, -0.1) is 11.3 Å². The molecule has 0 saturated heterocycles. The molecular formula is C13H19NO3S6Si. The number of para-hydroxylation sites is 1. The maximum atomic E-state index is 5.42. The summed E-state index contributed by atoms with van der Waals surface area (Å²) in [4.78, 5) is 4.61. The third-order valence-corrected chi connectivity index (χ3v) is 15.8. The first-order valence-corrected chi connectivity index (χ1v) is 16.1. The smallest absolute Gasteiger partial charge is 0.377 e. The molecule has 0 bridgehead atoms. The average molecular weight is 458 g/mol. The normalized spacial score (nSPS) is 12.1. The first kappa shape index (κ1) is 21.3. The van der Waals surface area contributed by atoms with Crippen LogP contribution in [-0.2, 0) is 13.3 Å². The molecule has 1 aromatic carbocycles. The number of thiazole rings is 1. The van der Waals surface area contributed by atoms with Crippen LogP contribution in [0.3, 0.4) is 0 Å². The Labute approximate surface area is 166 Å². The highest BCUT2D eigenvalue weighted by molar-refractivity contribution is 9.35. The van der Waals surface area contributed by atoms with Crippen molar-refractivity contribution in [1.29, 1.82) is 0 Å². The zero-order chi connectivity index (χ0) is 17.3. The van der Waals surface area contributed by atoms with E-state index < -0.39 is 8.80 Å². The molecule has 0 radical (unpaired) electrons. The van der Waals surface area contributed by atoms with Gasteiger partial charge in [0, 0.05) is 33.1 Å². The van der Waals surface area contributed by atoms with E-state index in [1.165, 1.54) is 4.70 Å². The molecule has 11 heteroatoms. The molecule has 0 aliphatic carbocycles. The van der Waals surface area contributed by atoms with Gasteiger partial charge >= 0.3 is 8.80 Å². The zero-order valence-electron chi connectivity index (χ0n) is 13.6. The van der Waals surface area contributed by atoms with E-state index in [1.807, 2.05) is 16.9 Å². The Bertz CT molecular complexity index is 571. The summed E-state index contributed by atoms with van der Waals surface area (Å²) in [7, 11) is 11.5. The molecule has 2 aromatic rings. The highest BCUT2D eigenvalue weighted by atomic mass is 33.8. The highest BCUT2D eigenvalue weighted by Gasteiger charge is 2.36. The molecule has 1 heterocycles. The van der Waals surface area contributed by atoms with Crippen LogP contribution in [0.25, 0.3) is 10.2 Å². The minimum absolute atomic E-state index is 0.850. The molecule has 4 nitrogen and oxygen atoms in total. The summed E-state index contributed by atoms with van der Waals surface area (Å²) in [5.74, 6) is 1.05. The summed E-state index contributed by atoms with van der Waals surface area (Å²) < 4.78 is 18.6. The van der Waals surface area contributed by atoms with Gasteiger partial charge in [-0.25, -0.2) is 4.98 Å². The topological polar surface area (TPSA) is 40.6 Å². The van der Waals surface area contributed by atoms with E-state index in [-0.39, 0.29) is 0 Å². The van der Waals surface area contributed by atoms with Gasteiger partial charge in [0.05, 0.1) is 10.2 Å². The van der Waals surface area contributed by atoms with E-state index in [0.717, 1.165) is 28.1 Å². The van der Waals surface area contributed by atoms with Crippen LogP contribution in [0, 0.1) is 0 Å². The molecule has 1 aromatic heterocycles. The molecular weight excluding hydrogens is 439 g/mol. The van der Waals surface area contributed by atoms with Crippen LogP contribution in [0.4, 0.5) is 0 Å². The van der Waals surface area contributed by atoms with Gasteiger partial charge in [-0.1, -0.05) is 22.9 Å². The number of aromatic nitrogens is 1. The summed E-state index contributed by atoms with van der Waals surface area (Å²) in [5.41, 5.74) is 1.08. The van der Waals surface area contributed by atoms with Crippen LogP contribution in [0.1, 0.15) is 6.42 Å². The number of hydrogen-bond acceptors (Lipinski definition) is 10. The number of rotatable bonds is 12. The van der Waals surface area contributed by atoms with Crippen LogP contribution >= 0.6 is 62.4 Å². The molecule has 0 aliphatic rings.